The third-order valence-corrected chi connectivity index (χ3v) is 5.70. The number of carbonyl (C=O) groups excluding carboxylic acids is 2. The first kappa shape index (κ1) is 26.2. The van der Waals surface area contributed by atoms with Crippen molar-refractivity contribution in [2.24, 2.45) is 10.9 Å². The molecule has 0 fully saturated rings. The van der Waals surface area contributed by atoms with Crippen LogP contribution < -0.4 is 10.5 Å². The summed E-state index contributed by atoms with van der Waals surface area (Å²) in [5, 5.41) is 3.71. The maximum atomic E-state index is 12.4. The summed E-state index contributed by atoms with van der Waals surface area (Å²) < 4.78 is 17.3. The molecule has 10 nitrogen and oxygen atoms in total. The van der Waals surface area contributed by atoms with Crippen LogP contribution in [0.3, 0.4) is 0 Å². The summed E-state index contributed by atoms with van der Waals surface area (Å²) >= 11 is 0. The molecule has 10 heteroatoms. The molecule has 0 spiro atoms. The van der Waals surface area contributed by atoms with Crippen LogP contribution in [0.1, 0.15) is 35.3 Å². The molecule has 0 aliphatic rings. The first-order chi connectivity index (χ1) is 18.5. The van der Waals surface area contributed by atoms with E-state index in [0.29, 0.717) is 41.3 Å². The van der Waals surface area contributed by atoms with Crippen LogP contribution in [-0.4, -0.2) is 47.8 Å². The van der Waals surface area contributed by atoms with Gasteiger partial charge in [-0.3, -0.25) is 9.40 Å². The maximum Gasteiger partial charge on any atom is 0.535 e. The van der Waals surface area contributed by atoms with E-state index < -0.39 is 12.1 Å². The van der Waals surface area contributed by atoms with Crippen LogP contribution in [0.5, 0.6) is 6.01 Å². The summed E-state index contributed by atoms with van der Waals surface area (Å²) in [6, 6.07) is 21.0. The van der Waals surface area contributed by atoms with Crippen LogP contribution >= 0.6 is 0 Å². The Morgan fingerprint density at radius 1 is 0.947 bits per heavy atom. The Morgan fingerprint density at radius 2 is 1.68 bits per heavy atom. The van der Waals surface area contributed by atoms with E-state index in [1.807, 2.05) is 60.0 Å². The number of ether oxygens (including phenoxy) is 3. The highest BCUT2D eigenvalue weighted by molar-refractivity contribution is 6.03. The second-order valence-corrected chi connectivity index (χ2v) is 8.07. The van der Waals surface area contributed by atoms with Crippen molar-refractivity contribution in [3.05, 3.63) is 83.4 Å². The largest absolute Gasteiger partial charge is 0.535 e. The van der Waals surface area contributed by atoms with Crippen LogP contribution in [-0.2, 0) is 20.9 Å². The lowest BCUT2D eigenvalue weighted by atomic mass is 9.98. The van der Waals surface area contributed by atoms with E-state index in [1.54, 1.807) is 25.1 Å². The molecule has 0 amide bonds. The molecule has 1 aromatic heterocycles. The third kappa shape index (κ3) is 5.59. The molecular formula is C28H28N4O6. The predicted molar refractivity (Wildman–Crippen MR) is 142 cm³/mol. The van der Waals surface area contributed by atoms with E-state index in [9.17, 15) is 9.59 Å². The van der Waals surface area contributed by atoms with E-state index in [1.165, 1.54) is 7.11 Å². The average Bonchev–Trinajstić information content (AvgIpc) is 3.29. The van der Waals surface area contributed by atoms with Crippen molar-refractivity contribution in [3.8, 4) is 17.1 Å². The van der Waals surface area contributed by atoms with Gasteiger partial charge in [-0.05, 0) is 42.7 Å². The molecule has 0 bridgehead atoms. The van der Waals surface area contributed by atoms with Crippen LogP contribution in [0.15, 0.2) is 71.9 Å². The van der Waals surface area contributed by atoms with Gasteiger partial charge < -0.3 is 19.9 Å². The summed E-state index contributed by atoms with van der Waals surface area (Å²) in [6.07, 6.45) is -0.925. The zero-order valence-corrected chi connectivity index (χ0v) is 21.3. The molecule has 4 aromatic rings. The van der Waals surface area contributed by atoms with Crippen molar-refractivity contribution < 1.29 is 28.6 Å². The van der Waals surface area contributed by atoms with Gasteiger partial charge in [0.15, 0.2) is 5.84 Å². The molecule has 0 saturated carbocycles. The molecule has 3 aromatic carbocycles. The SMILES string of the molecule is CCOC(=O)O/N=C(/N)c1ccccc1-c1ccc(Cn2c(OCC)nc3cccc(C(=O)OC)c32)cc1. The minimum atomic E-state index is -0.925. The minimum absolute atomic E-state index is 0.0410. The number of benzene rings is 3. The number of imidazole rings is 1. The van der Waals surface area contributed by atoms with Gasteiger partial charge in [-0.25, -0.2) is 9.59 Å². The fourth-order valence-corrected chi connectivity index (χ4v) is 4.04. The highest BCUT2D eigenvalue weighted by Gasteiger charge is 2.20. The van der Waals surface area contributed by atoms with Gasteiger partial charge in [-0.15, -0.1) is 0 Å². The quantitative estimate of drug-likeness (QED) is 0.111. The van der Waals surface area contributed by atoms with Crippen LogP contribution in [0, 0.1) is 0 Å². The lowest BCUT2D eigenvalue weighted by Gasteiger charge is -2.13. The number of rotatable bonds is 9. The van der Waals surface area contributed by atoms with E-state index in [4.69, 9.17) is 24.8 Å². The maximum absolute atomic E-state index is 12.4. The van der Waals surface area contributed by atoms with Crippen molar-refractivity contribution in [2.45, 2.75) is 20.4 Å². The number of esters is 1. The summed E-state index contributed by atoms with van der Waals surface area (Å²) in [4.78, 5) is 33.2. The normalized spacial score (nSPS) is 11.3. The van der Waals surface area contributed by atoms with E-state index in [0.717, 1.165) is 16.7 Å². The van der Waals surface area contributed by atoms with Gasteiger partial charge in [-0.2, -0.15) is 4.98 Å². The highest BCUT2D eigenvalue weighted by atomic mass is 16.8. The van der Waals surface area contributed by atoms with Crippen molar-refractivity contribution in [1.82, 2.24) is 9.55 Å². The Balaban J connectivity index is 1.66. The Morgan fingerprint density at radius 3 is 2.39 bits per heavy atom. The second-order valence-electron chi connectivity index (χ2n) is 8.07. The number of para-hydroxylation sites is 1. The van der Waals surface area contributed by atoms with Crippen molar-refractivity contribution >= 4 is 29.0 Å². The van der Waals surface area contributed by atoms with Crippen LogP contribution in [0.2, 0.25) is 0 Å². The van der Waals surface area contributed by atoms with Gasteiger partial charge in [0.05, 0.1) is 43.5 Å². The van der Waals surface area contributed by atoms with Gasteiger partial charge in [0.1, 0.15) is 0 Å². The number of nitrogens with zero attached hydrogens (tertiary/aromatic N) is 3. The number of carbonyl (C=O) groups is 2. The smallest absolute Gasteiger partial charge is 0.465 e. The number of hydrogen-bond acceptors (Lipinski definition) is 8. The number of aromatic nitrogens is 2. The van der Waals surface area contributed by atoms with Gasteiger partial charge in [0.25, 0.3) is 6.01 Å². The number of amidine groups is 1. The molecule has 4 rings (SSSR count). The van der Waals surface area contributed by atoms with Crippen LogP contribution in [0.25, 0.3) is 22.2 Å². The Kier molecular flexibility index (Phi) is 8.22. The molecule has 1 heterocycles. The molecule has 38 heavy (non-hydrogen) atoms. The number of oxime groups is 1. The van der Waals surface area contributed by atoms with E-state index in [2.05, 4.69) is 10.1 Å². The Bertz CT molecular complexity index is 1480. The monoisotopic (exact) mass is 516 g/mol. The molecule has 0 saturated heterocycles. The molecule has 2 N–H and O–H groups in total. The topological polar surface area (TPSA) is 127 Å². The number of fused-ring (bicyclic) bond motifs is 1. The summed E-state index contributed by atoms with van der Waals surface area (Å²) in [7, 11) is 1.35. The van der Waals surface area contributed by atoms with Gasteiger partial charge in [0.2, 0.25) is 0 Å². The predicted octanol–water partition coefficient (Wildman–Crippen LogP) is 4.73. The first-order valence-corrected chi connectivity index (χ1v) is 12.0. The van der Waals surface area contributed by atoms with Gasteiger partial charge in [-0.1, -0.05) is 59.8 Å². The minimum Gasteiger partial charge on any atom is -0.465 e. The Labute approximate surface area is 219 Å². The fraction of sp³-hybridized carbons (Fsp3) is 0.214. The van der Waals surface area contributed by atoms with Gasteiger partial charge >= 0.3 is 12.1 Å². The summed E-state index contributed by atoms with van der Waals surface area (Å²) in [6.45, 7) is 4.55. The zero-order valence-electron chi connectivity index (χ0n) is 21.3. The molecule has 0 aliphatic heterocycles. The van der Waals surface area contributed by atoms with E-state index in [-0.39, 0.29) is 12.4 Å². The number of nitrogens with two attached hydrogens (primary N) is 1. The average molecular weight is 517 g/mol. The molecule has 0 aliphatic carbocycles. The highest BCUT2D eigenvalue weighted by Crippen LogP contribution is 2.28. The molecule has 0 unspecified atom stereocenters. The lowest BCUT2D eigenvalue weighted by molar-refractivity contribution is 0.0597. The standard InChI is InChI=1S/C28H28N4O6/c1-4-36-27-30-23-12-8-11-22(26(33)35-3)24(23)32(27)17-18-13-15-19(16-14-18)20-9-6-7-10-21(20)25(29)31-38-28(34)37-5-2/h6-16H,4-5,17H2,1-3H3,(H2,29,31). The lowest BCUT2D eigenvalue weighted by Crippen LogP contribution is -2.16. The van der Waals surface area contributed by atoms with Crippen molar-refractivity contribution in [2.75, 3.05) is 20.3 Å². The van der Waals surface area contributed by atoms with Gasteiger partial charge in [0, 0.05) is 5.56 Å². The van der Waals surface area contributed by atoms with Crippen molar-refractivity contribution in [1.29, 1.82) is 0 Å². The van der Waals surface area contributed by atoms with Crippen LogP contribution in [0.4, 0.5) is 4.79 Å². The zero-order chi connectivity index (χ0) is 27.1. The molecule has 196 valence electrons. The number of methoxy groups -OCH3 is 1. The van der Waals surface area contributed by atoms with E-state index >= 15 is 0 Å². The first-order valence-electron chi connectivity index (χ1n) is 12.0. The number of hydrogen-bond donors (Lipinski definition) is 1. The Hall–Kier alpha value is -4.86. The molecular weight excluding hydrogens is 488 g/mol. The summed E-state index contributed by atoms with van der Waals surface area (Å²) in [5.74, 6) is -0.405. The third-order valence-electron chi connectivity index (χ3n) is 5.70. The fourth-order valence-electron chi connectivity index (χ4n) is 4.04. The molecule has 0 radical (unpaired) electrons. The summed E-state index contributed by atoms with van der Waals surface area (Å²) in [5.41, 5.74) is 11.0. The second kappa shape index (κ2) is 11.9. The van der Waals surface area contributed by atoms with Crippen molar-refractivity contribution in [3.63, 3.8) is 0 Å². The molecule has 0 atom stereocenters.